The van der Waals surface area contributed by atoms with Crippen molar-refractivity contribution in [2.75, 3.05) is 14.2 Å². The first kappa shape index (κ1) is 13.6. The first-order valence-electron chi connectivity index (χ1n) is 6.23. The van der Waals surface area contributed by atoms with Crippen LogP contribution in [-0.2, 0) is 0 Å². The largest absolute Gasteiger partial charge is 0.496 e. The average Bonchev–Trinajstić information content (AvgIpc) is 2.42. The molecule has 0 aromatic heterocycles. The van der Waals surface area contributed by atoms with E-state index >= 15 is 0 Å². The van der Waals surface area contributed by atoms with Crippen molar-refractivity contribution in [3.05, 3.63) is 65.0 Å². The van der Waals surface area contributed by atoms with Crippen LogP contribution in [0.5, 0.6) is 5.75 Å². The Hall–Kier alpha value is -1.87. The van der Waals surface area contributed by atoms with E-state index in [-0.39, 0.29) is 11.9 Å². The topological polar surface area (TPSA) is 21.3 Å². The van der Waals surface area contributed by atoms with Crippen LogP contribution in [0.2, 0.25) is 0 Å². The SMILES string of the molecule is CNC(c1ccc(C)cc1)c1cc(F)ccc1OC. The van der Waals surface area contributed by atoms with E-state index in [2.05, 4.69) is 5.32 Å². The fourth-order valence-electron chi connectivity index (χ4n) is 2.19. The summed E-state index contributed by atoms with van der Waals surface area (Å²) in [5, 5.41) is 3.21. The van der Waals surface area contributed by atoms with E-state index in [1.54, 1.807) is 13.2 Å². The highest BCUT2D eigenvalue weighted by molar-refractivity contribution is 5.42. The van der Waals surface area contributed by atoms with Crippen LogP contribution < -0.4 is 10.1 Å². The summed E-state index contributed by atoms with van der Waals surface area (Å²) in [7, 11) is 3.45. The molecule has 2 nitrogen and oxygen atoms in total. The fourth-order valence-corrected chi connectivity index (χ4v) is 2.19. The minimum Gasteiger partial charge on any atom is -0.496 e. The molecule has 0 aliphatic heterocycles. The molecular formula is C16H18FNO. The van der Waals surface area contributed by atoms with Gasteiger partial charge in [-0.1, -0.05) is 29.8 Å². The first-order chi connectivity index (χ1) is 9.15. The molecule has 0 amide bonds. The number of aryl methyl sites for hydroxylation is 1. The van der Waals surface area contributed by atoms with Crippen molar-refractivity contribution in [3.63, 3.8) is 0 Å². The molecule has 2 aromatic rings. The molecule has 0 spiro atoms. The summed E-state index contributed by atoms with van der Waals surface area (Å²) in [6.07, 6.45) is 0. The maximum absolute atomic E-state index is 13.5. The number of methoxy groups -OCH3 is 1. The van der Waals surface area contributed by atoms with E-state index in [0.717, 1.165) is 11.1 Å². The molecule has 0 aliphatic rings. The molecule has 1 N–H and O–H groups in total. The predicted octanol–water partition coefficient (Wildman–Crippen LogP) is 3.45. The van der Waals surface area contributed by atoms with Crippen molar-refractivity contribution < 1.29 is 9.13 Å². The van der Waals surface area contributed by atoms with Gasteiger partial charge >= 0.3 is 0 Å². The van der Waals surface area contributed by atoms with Gasteiger partial charge in [-0.2, -0.15) is 0 Å². The van der Waals surface area contributed by atoms with Gasteiger partial charge in [0.1, 0.15) is 11.6 Å². The number of hydrogen-bond donors (Lipinski definition) is 1. The van der Waals surface area contributed by atoms with Crippen LogP contribution in [-0.4, -0.2) is 14.2 Å². The predicted molar refractivity (Wildman–Crippen MR) is 75.0 cm³/mol. The van der Waals surface area contributed by atoms with Gasteiger partial charge in [0.2, 0.25) is 0 Å². The summed E-state index contributed by atoms with van der Waals surface area (Å²) in [5.41, 5.74) is 3.08. The van der Waals surface area contributed by atoms with Gasteiger partial charge in [-0.15, -0.1) is 0 Å². The Bertz CT molecular complexity index is 551. The highest BCUT2D eigenvalue weighted by atomic mass is 19.1. The lowest BCUT2D eigenvalue weighted by Crippen LogP contribution is -2.18. The summed E-state index contributed by atoms with van der Waals surface area (Å²) in [6.45, 7) is 2.04. The summed E-state index contributed by atoms with van der Waals surface area (Å²) >= 11 is 0. The minimum atomic E-state index is -0.261. The molecule has 0 fully saturated rings. The Morgan fingerprint density at radius 3 is 2.37 bits per heavy atom. The van der Waals surface area contributed by atoms with Gasteiger partial charge in [0.15, 0.2) is 0 Å². The highest BCUT2D eigenvalue weighted by Gasteiger charge is 2.17. The third-order valence-corrected chi connectivity index (χ3v) is 3.20. The third kappa shape index (κ3) is 2.93. The van der Waals surface area contributed by atoms with Gasteiger partial charge < -0.3 is 10.1 Å². The Kier molecular flexibility index (Phi) is 4.17. The molecular weight excluding hydrogens is 241 g/mol. The van der Waals surface area contributed by atoms with Crippen molar-refractivity contribution in [3.8, 4) is 5.75 Å². The first-order valence-corrected chi connectivity index (χ1v) is 6.23. The lowest BCUT2D eigenvalue weighted by atomic mass is 9.97. The molecule has 0 aliphatic carbocycles. The van der Waals surface area contributed by atoms with Crippen LogP contribution in [0.3, 0.4) is 0 Å². The van der Waals surface area contributed by atoms with Gasteiger partial charge in [0.05, 0.1) is 13.2 Å². The molecule has 2 aromatic carbocycles. The zero-order chi connectivity index (χ0) is 13.8. The molecule has 100 valence electrons. The Morgan fingerprint density at radius 1 is 1.11 bits per heavy atom. The van der Waals surface area contributed by atoms with Crippen molar-refractivity contribution in [1.29, 1.82) is 0 Å². The average molecular weight is 259 g/mol. The van der Waals surface area contributed by atoms with Crippen molar-refractivity contribution in [2.24, 2.45) is 0 Å². The zero-order valence-corrected chi connectivity index (χ0v) is 11.4. The lowest BCUT2D eigenvalue weighted by molar-refractivity contribution is 0.404. The van der Waals surface area contributed by atoms with Crippen LogP contribution >= 0.6 is 0 Å². The summed E-state index contributed by atoms with van der Waals surface area (Å²) in [6, 6.07) is 12.7. The molecule has 1 atom stereocenters. The number of nitrogens with one attached hydrogen (secondary N) is 1. The maximum Gasteiger partial charge on any atom is 0.124 e. The van der Waals surface area contributed by atoms with Crippen LogP contribution in [0.1, 0.15) is 22.7 Å². The standard InChI is InChI=1S/C16H18FNO/c1-11-4-6-12(7-5-11)16(18-2)14-10-13(17)8-9-15(14)19-3/h4-10,16,18H,1-3H3. The van der Waals surface area contributed by atoms with Crippen molar-refractivity contribution in [2.45, 2.75) is 13.0 Å². The second kappa shape index (κ2) is 5.85. The van der Waals surface area contributed by atoms with E-state index in [1.165, 1.54) is 17.7 Å². The number of halogens is 1. The number of rotatable bonds is 4. The van der Waals surface area contributed by atoms with Crippen LogP contribution in [0.4, 0.5) is 4.39 Å². The Labute approximate surface area is 113 Å². The van der Waals surface area contributed by atoms with Crippen LogP contribution in [0.15, 0.2) is 42.5 Å². The highest BCUT2D eigenvalue weighted by Crippen LogP contribution is 2.30. The molecule has 3 heteroatoms. The second-order valence-corrected chi connectivity index (χ2v) is 4.52. The normalized spacial score (nSPS) is 12.2. The molecule has 2 rings (SSSR count). The molecule has 0 saturated carbocycles. The molecule has 0 heterocycles. The molecule has 1 unspecified atom stereocenters. The minimum absolute atomic E-state index is 0.0914. The number of ether oxygens (including phenoxy) is 1. The van der Waals surface area contributed by atoms with E-state index in [1.807, 2.05) is 38.2 Å². The zero-order valence-electron chi connectivity index (χ0n) is 11.4. The van der Waals surface area contributed by atoms with Gasteiger partial charge in [-0.05, 0) is 37.7 Å². The van der Waals surface area contributed by atoms with Gasteiger partial charge in [0.25, 0.3) is 0 Å². The van der Waals surface area contributed by atoms with E-state index in [9.17, 15) is 4.39 Å². The van der Waals surface area contributed by atoms with E-state index < -0.39 is 0 Å². The molecule has 0 saturated heterocycles. The van der Waals surface area contributed by atoms with Gasteiger partial charge in [0, 0.05) is 5.56 Å². The summed E-state index contributed by atoms with van der Waals surface area (Å²) < 4.78 is 18.8. The third-order valence-electron chi connectivity index (χ3n) is 3.20. The van der Waals surface area contributed by atoms with Gasteiger partial charge in [-0.3, -0.25) is 0 Å². The number of benzene rings is 2. The van der Waals surface area contributed by atoms with Gasteiger partial charge in [-0.25, -0.2) is 4.39 Å². The van der Waals surface area contributed by atoms with Crippen molar-refractivity contribution in [1.82, 2.24) is 5.32 Å². The lowest BCUT2D eigenvalue weighted by Gasteiger charge is -2.20. The van der Waals surface area contributed by atoms with Crippen LogP contribution in [0, 0.1) is 12.7 Å². The quantitative estimate of drug-likeness (QED) is 0.908. The Morgan fingerprint density at radius 2 is 1.79 bits per heavy atom. The second-order valence-electron chi connectivity index (χ2n) is 4.52. The molecule has 0 bridgehead atoms. The monoisotopic (exact) mass is 259 g/mol. The maximum atomic E-state index is 13.5. The molecule has 19 heavy (non-hydrogen) atoms. The number of hydrogen-bond acceptors (Lipinski definition) is 2. The van der Waals surface area contributed by atoms with E-state index in [0.29, 0.717) is 5.75 Å². The van der Waals surface area contributed by atoms with Crippen LogP contribution in [0.25, 0.3) is 0 Å². The Balaban J connectivity index is 2.47. The van der Waals surface area contributed by atoms with Crippen molar-refractivity contribution >= 4 is 0 Å². The summed E-state index contributed by atoms with van der Waals surface area (Å²) in [5.74, 6) is 0.421. The van der Waals surface area contributed by atoms with E-state index in [4.69, 9.17) is 4.74 Å². The molecule has 0 radical (unpaired) electrons. The smallest absolute Gasteiger partial charge is 0.124 e. The fraction of sp³-hybridized carbons (Fsp3) is 0.250. The summed E-state index contributed by atoms with van der Waals surface area (Å²) in [4.78, 5) is 0.